The minimum absolute atomic E-state index is 0.136. The van der Waals surface area contributed by atoms with Gasteiger partial charge in [0.05, 0.1) is 39.6 Å². The second kappa shape index (κ2) is 13.1. The highest BCUT2D eigenvalue weighted by molar-refractivity contribution is 5.66. The number of piperidine rings is 1. The predicted octanol–water partition coefficient (Wildman–Crippen LogP) is 6.07. The van der Waals surface area contributed by atoms with Crippen LogP contribution in [-0.2, 0) is 28.1 Å². The van der Waals surface area contributed by atoms with Gasteiger partial charge in [0, 0.05) is 54.7 Å². The van der Waals surface area contributed by atoms with Crippen LogP contribution < -0.4 is 19.7 Å². The first-order valence-corrected chi connectivity index (χ1v) is 14.5. The van der Waals surface area contributed by atoms with Crippen molar-refractivity contribution >= 4 is 5.69 Å². The number of anilines is 1. The first-order valence-electron chi connectivity index (χ1n) is 14.5. The summed E-state index contributed by atoms with van der Waals surface area (Å²) in [5.41, 5.74) is 6.60. The van der Waals surface area contributed by atoms with Crippen molar-refractivity contribution in [2.24, 2.45) is 0 Å². The summed E-state index contributed by atoms with van der Waals surface area (Å²) in [5, 5.41) is 3.54. The largest absolute Gasteiger partial charge is 0.496 e. The number of benzene rings is 3. The number of nitrogens with one attached hydrogen (secondary N) is 1. The molecule has 3 aromatic carbocycles. The fourth-order valence-electron chi connectivity index (χ4n) is 6.21. The van der Waals surface area contributed by atoms with Crippen molar-refractivity contribution in [3.8, 4) is 11.5 Å². The molecule has 6 nitrogen and oxygen atoms in total. The van der Waals surface area contributed by atoms with Crippen LogP contribution in [-0.4, -0.2) is 53.1 Å². The molecule has 0 aromatic heterocycles. The number of nitrogens with zero attached hydrogens (tertiary/aromatic N) is 1. The maximum atomic E-state index is 6.61. The molecule has 0 bridgehead atoms. The van der Waals surface area contributed by atoms with Crippen LogP contribution in [0, 0.1) is 0 Å². The number of likely N-dealkylation sites (N-methyl/N-ethyl adjacent to an activating group) is 1. The highest BCUT2D eigenvalue weighted by Gasteiger charge is 2.35. The summed E-state index contributed by atoms with van der Waals surface area (Å²) in [6.07, 6.45) is 2.03. The zero-order valence-corrected chi connectivity index (χ0v) is 24.4. The number of para-hydroxylation sites is 2. The monoisotopic (exact) mass is 544 g/mol. The summed E-state index contributed by atoms with van der Waals surface area (Å²) in [4.78, 5) is 2.38. The second-order valence-electron chi connectivity index (χ2n) is 11.6. The van der Waals surface area contributed by atoms with Gasteiger partial charge in [0.2, 0.25) is 0 Å². The average molecular weight is 545 g/mol. The third-order valence-electron chi connectivity index (χ3n) is 8.20. The fourth-order valence-corrected chi connectivity index (χ4v) is 6.21. The summed E-state index contributed by atoms with van der Waals surface area (Å²) in [5.74, 6) is 2.12. The molecule has 0 aliphatic carbocycles. The van der Waals surface area contributed by atoms with Gasteiger partial charge in [0.15, 0.2) is 0 Å². The molecule has 6 heteroatoms. The van der Waals surface area contributed by atoms with E-state index in [9.17, 15) is 0 Å². The van der Waals surface area contributed by atoms with E-state index in [0.717, 1.165) is 49.5 Å². The molecule has 2 heterocycles. The molecular formula is C34H44N2O4. The minimum atomic E-state index is 0.136. The Morgan fingerprint density at radius 3 is 2.55 bits per heavy atom. The van der Waals surface area contributed by atoms with Crippen molar-refractivity contribution in [2.75, 3.05) is 51.9 Å². The van der Waals surface area contributed by atoms with Crippen molar-refractivity contribution in [1.29, 1.82) is 0 Å². The molecule has 214 valence electrons. The Morgan fingerprint density at radius 1 is 0.925 bits per heavy atom. The standard InChI is InChI=1S/C34H44N2O4/c1-34(2)24-36(3)33-27(10-7-11-30(33)34)23-40-32-21-35-18-17-29(32)25-13-15-28(16-14-25)39-20-8-19-38-22-26-9-5-6-12-31(26)37-4/h5-7,9-16,29,32,35H,8,17-24H2,1-4H3/t29-,32+/m1/s1. The van der Waals surface area contributed by atoms with E-state index in [-0.39, 0.29) is 11.5 Å². The molecule has 0 radical (unpaired) electrons. The van der Waals surface area contributed by atoms with Crippen molar-refractivity contribution in [1.82, 2.24) is 5.32 Å². The van der Waals surface area contributed by atoms with E-state index >= 15 is 0 Å². The van der Waals surface area contributed by atoms with Crippen molar-refractivity contribution < 1.29 is 18.9 Å². The Labute approximate surface area is 239 Å². The lowest BCUT2D eigenvalue weighted by Gasteiger charge is -2.33. The summed E-state index contributed by atoms with van der Waals surface area (Å²) < 4.78 is 23.8. The Bertz CT molecular complexity index is 1240. The molecule has 2 atom stereocenters. The maximum absolute atomic E-state index is 6.61. The van der Waals surface area contributed by atoms with Gasteiger partial charge in [0.25, 0.3) is 0 Å². The van der Waals surface area contributed by atoms with Gasteiger partial charge >= 0.3 is 0 Å². The summed E-state index contributed by atoms with van der Waals surface area (Å²) in [6.45, 7) is 10.0. The van der Waals surface area contributed by atoms with Crippen LogP contribution in [0.3, 0.4) is 0 Å². The zero-order valence-electron chi connectivity index (χ0n) is 24.4. The summed E-state index contributed by atoms with van der Waals surface area (Å²) in [6, 6.07) is 23.2. The molecule has 0 saturated carbocycles. The van der Waals surface area contributed by atoms with Crippen LogP contribution in [0.1, 0.15) is 54.9 Å². The number of hydrogen-bond acceptors (Lipinski definition) is 6. The van der Waals surface area contributed by atoms with Crippen LogP contribution in [0.4, 0.5) is 5.69 Å². The zero-order chi connectivity index (χ0) is 28.0. The number of ether oxygens (including phenoxy) is 4. The molecule has 5 rings (SSSR count). The normalized spacial score (nSPS) is 19.9. The predicted molar refractivity (Wildman–Crippen MR) is 161 cm³/mol. The molecule has 2 aliphatic heterocycles. The first kappa shape index (κ1) is 28.5. The molecule has 3 aromatic rings. The Balaban J connectivity index is 1.10. The first-order chi connectivity index (χ1) is 19.5. The van der Waals surface area contributed by atoms with E-state index < -0.39 is 0 Å². The topological polar surface area (TPSA) is 52.2 Å². The molecule has 2 aliphatic rings. The third kappa shape index (κ3) is 6.63. The number of hydrogen-bond donors (Lipinski definition) is 1. The van der Waals surface area contributed by atoms with E-state index in [1.807, 2.05) is 24.3 Å². The number of methoxy groups -OCH3 is 1. The van der Waals surface area contributed by atoms with Crippen LogP contribution >= 0.6 is 0 Å². The smallest absolute Gasteiger partial charge is 0.124 e. The molecular weight excluding hydrogens is 500 g/mol. The Hall–Kier alpha value is -3.06. The highest BCUT2D eigenvalue weighted by atomic mass is 16.5. The third-order valence-corrected chi connectivity index (χ3v) is 8.20. The van der Waals surface area contributed by atoms with E-state index in [4.69, 9.17) is 18.9 Å². The minimum Gasteiger partial charge on any atom is -0.496 e. The second-order valence-corrected chi connectivity index (χ2v) is 11.6. The molecule has 1 fully saturated rings. The fraction of sp³-hybridized carbons (Fsp3) is 0.471. The highest BCUT2D eigenvalue weighted by Crippen LogP contribution is 2.42. The van der Waals surface area contributed by atoms with Crippen LogP contribution in [0.25, 0.3) is 0 Å². The quantitative estimate of drug-likeness (QED) is 0.279. The maximum Gasteiger partial charge on any atom is 0.124 e. The van der Waals surface area contributed by atoms with E-state index in [0.29, 0.717) is 32.3 Å². The van der Waals surface area contributed by atoms with Gasteiger partial charge in [-0.2, -0.15) is 0 Å². The Morgan fingerprint density at radius 2 is 1.73 bits per heavy atom. The molecule has 1 N–H and O–H groups in total. The lowest BCUT2D eigenvalue weighted by atomic mass is 9.86. The van der Waals surface area contributed by atoms with Gasteiger partial charge in [0.1, 0.15) is 11.5 Å². The van der Waals surface area contributed by atoms with E-state index in [1.54, 1.807) is 7.11 Å². The van der Waals surface area contributed by atoms with Crippen molar-refractivity contribution in [3.05, 3.63) is 89.0 Å². The van der Waals surface area contributed by atoms with Gasteiger partial charge in [-0.15, -0.1) is 0 Å². The lowest BCUT2D eigenvalue weighted by molar-refractivity contribution is 0.0108. The number of rotatable bonds is 12. The summed E-state index contributed by atoms with van der Waals surface area (Å²) >= 11 is 0. The van der Waals surface area contributed by atoms with E-state index in [1.165, 1.54) is 22.4 Å². The molecule has 0 unspecified atom stereocenters. The van der Waals surface area contributed by atoms with Gasteiger partial charge in [-0.05, 0) is 42.3 Å². The van der Waals surface area contributed by atoms with E-state index in [2.05, 4.69) is 73.6 Å². The van der Waals surface area contributed by atoms with Gasteiger partial charge < -0.3 is 29.2 Å². The van der Waals surface area contributed by atoms with Gasteiger partial charge in [-0.1, -0.05) is 62.4 Å². The molecule has 0 spiro atoms. The van der Waals surface area contributed by atoms with Crippen LogP contribution in [0.15, 0.2) is 66.7 Å². The van der Waals surface area contributed by atoms with Crippen LogP contribution in [0.2, 0.25) is 0 Å². The molecule has 1 saturated heterocycles. The molecule has 40 heavy (non-hydrogen) atoms. The summed E-state index contributed by atoms with van der Waals surface area (Å²) in [7, 11) is 3.88. The Kier molecular flexibility index (Phi) is 9.30. The molecule has 0 amide bonds. The number of fused-ring (bicyclic) bond motifs is 1. The van der Waals surface area contributed by atoms with Crippen molar-refractivity contribution in [3.63, 3.8) is 0 Å². The van der Waals surface area contributed by atoms with Crippen LogP contribution in [0.5, 0.6) is 11.5 Å². The van der Waals surface area contributed by atoms with Gasteiger partial charge in [-0.25, -0.2) is 0 Å². The van der Waals surface area contributed by atoms with Gasteiger partial charge in [-0.3, -0.25) is 0 Å². The average Bonchev–Trinajstić information content (AvgIpc) is 3.22. The van der Waals surface area contributed by atoms with Crippen molar-refractivity contribution in [2.45, 2.75) is 57.3 Å². The SMILES string of the molecule is COc1ccccc1COCCCOc1ccc([C@H]2CCNC[C@@H]2OCc2cccc3c2N(C)CC3(C)C)cc1. The lowest BCUT2D eigenvalue weighted by Crippen LogP contribution is -2.41.